The maximum absolute atomic E-state index is 11.4. The fourth-order valence-corrected chi connectivity index (χ4v) is 1.83. The predicted molar refractivity (Wildman–Crippen MR) is 74.9 cm³/mol. The van der Waals surface area contributed by atoms with E-state index in [1.165, 1.54) is 6.92 Å². The summed E-state index contributed by atoms with van der Waals surface area (Å²) in [6, 6.07) is -0.320. The SMILES string of the molecule is [B]C1CCC(COC(=O)CCC(=O)OC(=O)CCC(C)=O)O1. The van der Waals surface area contributed by atoms with E-state index in [2.05, 4.69) is 4.74 Å². The predicted octanol–water partition coefficient (Wildman–Crippen LogP) is 0.422. The second-order valence-corrected chi connectivity index (χ2v) is 5.11. The van der Waals surface area contributed by atoms with Crippen molar-refractivity contribution in [1.29, 1.82) is 0 Å². The zero-order valence-electron chi connectivity index (χ0n) is 12.5. The summed E-state index contributed by atoms with van der Waals surface area (Å²) in [5.41, 5.74) is 0. The molecule has 2 unspecified atom stereocenters. The molecule has 1 heterocycles. The van der Waals surface area contributed by atoms with Crippen molar-refractivity contribution in [2.75, 3.05) is 6.61 Å². The van der Waals surface area contributed by atoms with Crippen LogP contribution < -0.4 is 0 Å². The van der Waals surface area contributed by atoms with Crippen molar-refractivity contribution >= 4 is 31.5 Å². The van der Waals surface area contributed by atoms with Gasteiger partial charge in [0, 0.05) is 12.4 Å². The summed E-state index contributed by atoms with van der Waals surface area (Å²) in [7, 11) is 5.54. The van der Waals surface area contributed by atoms with Crippen LogP contribution in [0.1, 0.15) is 45.4 Å². The van der Waals surface area contributed by atoms with E-state index in [1.807, 2.05) is 0 Å². The highest BCUT2D eigenvalue weighted by molar-refractivity contribution is 6.11. The molecule has 0 amide bonds. The number of hydrogen-bond donors (Lipinski definition) is 0. The average molecular weight is 310 g/mol. The van der Waals surface area contributed by atoms with Crippen LogP contribution in [0.4, 0.5) is 0 Å². The Hall–Kier alpha value is -1.70. The fraction of sp³-hybridized carbons (Fsp3) is 0.714. The monoisotopic (exact) mass is 310 g/mol. The van der Waals surface area contributed by atoms with Gasteiger partial charge in [-0.25, -0.2) is 0 Å². The molecule has 0 aromatic heterocycles. The lowest BCUT2D eigenvalue weighted by Crippen LogP contribution is -2.20. The molecule has 0 spiro atoms. The quantitative estimate of drug-likeness (QED) is 0.364. The van der Waals surface area contributed by atoms with Gasteiger partial charge in [-0.3, -0.25) is 14.4 Å². The van der Waals surface area contributed by atoms with Crippen molar-refractivity contribution < 1.29 is 33.4 Å². The molecule has 1 saturated heterocycles. The zero-order valence-corrected chi connectivity index (χ0v) is 12.5. The lowest BCUT2D eigenvalue weighted by Gasteiger charge is -2.11. The molecule has 1 aliphatic rings. The summed E-state index contributed by atoms with van der Waals surface area (Å²) in [4.78, 5) is 44.6. The molecular formula is C14H19BO7. The van der Waals surface area contributed by atoms with Crippen LogP contribution in [0.15, 0.2) is 0 Å². The van der Waals surface area contributed by atoms with Crippen LogP contribution in [0.25, 0.3) is 0 Å². The molecule has 1 fully saturated rings. The summed E-state index contributed by atoms with van der Waals surface area (Å²) in [5.74, 6) is -2.33. The third kappa shape index (κ3) is 7.92. The summed E-state index contributed by atoms with van der Waals surface area (Å²) in [5, 5.41) is 0. The normalized spacial score (nSPS) is 20.4. The number of ketones is 1. The molecule has 1 rings (SSSR count). The van der Waals surface area contributed by atoms with Crippen LogP contribution in [0.3, 0.4) is 0 Å². The summed E-state index contributed by atoms with van der Waals surface area (Å²) < 4.78 is 14.7. The van der Waals surface area contributed by atoms with Gasteiger partial charge in [-0.2, -0.15) is 0 Å². The molecule has 2 radical (unpaired) electrons. The Morgan fingerprint density at radius 2 is 1.59 bits per heavy atom. The average Bonchev–Trinajstić information content (AvgIpc) is 2.86. The van der Waals surface area contributed by atoms with Gasteiger partial charge in [-0.1, -0.05) is 0 Å². The summed E-state index contributed by atoms with van der Waals surface area (Å²) >= 11 is 0. The van der Waals surface area contributed by atoms with Gasteiger partial charge in [0.2, 0.25) is 0 Å². The lowest BCUT2D eigenvalue weighted by molar-refractivity contribution is -0.162. The zero-order chi connectivity index (χ0) is 16.5. The van der Waals surface area contributed by atoms with Crippen molar-refractivity contribution in [3.63, 3.8) is 0 Å². The molecule has 7 nitrogen and oxygen atoms in total. The first kappa shape index (κ1) is 18.4. The van der Waals surface area contributed by atoms with Gasteiger partial charge in [0.25, 0.3) is 0 Å². The lowest BCUT2D eigenvalue weighted by atomic mass is 9.97. The minimum atomic E-state index is -0.815. The van der Waals surface area contributed by atoms with Gasteiger partial charge < -0.3 is 19.0 Å². The molecule has 8 heteroatoms. The Kier molecular flexibility index (Phi) is 7.80. The van der Waals surface area contributed by atoms with Gasteiger partial charge in [0.1, 0.15) is 20.2 Å². The molecule has 0 aromatic rings. The summed E-state index contributed by atoms with van der Waals surface area (Å²) in [6.07, 6.45) is 0.674. The van der Waals surface area contributed by atoms with Crippen molar-refractivity contribution in [3.05, 3.63) is 0 Å². The second kappa shape index (κ2) is 9.35. The minimum Gasteiger partial charge on any atom is -0.463 e. The number of esters is 3. The molecule has 0 bridgehead atoms. The Morgan fingerprint density at radius 1 is 1.00 bits per heavy atom. The number of ether oxygens (including phenoxy) is 3. The Morgan fingerprint density at radius 3 is 2.14 bits per heavy atom. The van der Waals surface area contributed by atoms with Gasteiger partial charge in [0.05, 0.1) is 25.4 Å². The summed E-state index contributed by atoms with van der Waals surface area (Å²) in [6.45, 7) is 1.44. The van der Waals surface area contributed by atoms with Gasteiger partial charge in [-0.15, -0.1) is 0 Å². The van der Waals surface area contributed by atoms with Crippen molar-refractivity contribution in [2.24, 2.45) is 0 Å². The van der Waals surface area contributed by atoms with Crippen LogP contribution in [0.5, 0.6) is 0 Å². The van der Waals surface area contributed by atoms with Crippen LogP contribution in [0, 0.1) is 0 Å². The highest BCUT2D eigenvalue weighted by atomic mass is 16.6. The molecule has 0 N–H and O–H groups in total. The van der Waals surface area contributed by atoms with Crippen LogP contribution in [-0.4, -0.2) is 50.3 Å². The minimum absolute atomic E-state index is 0.0255. The third-order valence-electron chi connectivity index (χ3n) is 3.01. The maximum Gasteiger partial charge on any atom is 0.314 e. The highest BCUT2D eigenvalue weighted by Crippen LogP contribution is 2.17. The first-order valence-corrected chi connectivity index (χ1v) is 7.16. The highest BCUT2D eigenvalue weighted by Gasteiger charge is 2.23. The van der Waals surface area contributed by atoms with Gasteiger partial charge in [-0.05, 0) is 19.8 Å². The molecule has 22 heavy (non-hydrogen) atoms. The molecule has 0 aliphatic carbocycles. The van der Waals surface area contributed by atoms with E-state index in [0.29, 0.717) is 0 Å². The topological polar surface area (TPSA) is 96.0 Å². The van der Waals surface area contributed by atoms with E-state index >= 15 is 0 Å². The molecule has 1 aliphatic heterocycles. The largest absolute Gasteiger partial charge is 0.463 e. The first-order valence-electron chi connectivity index (χ1n) is 7.16. The fourth-order valence-electron chi connectivity index (χ4n) is 1.83. The van der Waals surface area contributed by atoms with E-state index < -0.39 is 17.9 Å². The van der Waals surface area contributed by atoms with Crippen molar-refractivity contribution in [1.82, 2.24) is 0 Å². The molecule has 0 saturated carbocycles. The van der Waals surface area contributed by atoms with E-state index in [4.69, 9.17) is 17.3 Å². The van der Waals surface area contributed by atoms with E-state index in [9.17, 15) is 19.2 Å². The molecule has 120 valence electrons. The molecular weight excluding hydrogens is 291 g/mol. The smallest absolute Gasteiger partial charge is 0.314 e. The Bertz CT molecular complexity index is 435. The van der Waals surface area contributed by atoms with E-state index in [-0.39, 0.29) is 50.2 Å². The first-order chi connectivity index (χ1) is 10.4. The van der Waals surface area contributed by atoms with Gasteiger partial charge >= 0.3 is 17.9 Å². The number of Topliss-reactive ketones (excluding diaryl/α,β-unsaturated/α-hetero) is 1. The molecule has 2 atom stereocenters. The van der Waals surface area contributed by atoms with Crippen LogP contribution in [-0.2, 0) is 33.4 Å². The van der Waals surface area contributed by atoms with E-state index in [0.717, 1.165) is 12.8 Å². The Balaban J connectivity index is 2.11. The molecule has 0 aromatic carbocycles. The number of carbonyl (C=O) groups excluding carboxylic acids is 4. The maximum atomic E-state index is 11.4. The Labute approximate surface area is 130 Å². The number of hydrogen-bond acceptors (Lipinski definition) is 7. The van der Waals surface area contributed by atoms with E-state index in [1.54, 1.807) is 0 Å². The van der Waals surface area contributed by atoms with Gasteiger partial charge in [0.15, 0.2) is 0 Å². The second-order valence-electron chi connectivity index (χ2n) is 5.11. The van der Waals surface area contributed by atoms with Crippen LogP contribution in [0.2, 0.25) is 0 Å². The number of rotatable bonds is 8. The van der Waals surface area contributed by atoms with Crippen LogP contribution >= 0.6 is 0 Å². The third-order valence-corrected chi connectivity index (χ3v) is 3.01. The van der Waals surface area contributed by atoms with Crippen molar-refractivity contribution in [2.45, 2.75) is 57.6 Å². The standard InChI is InChI=1S/C14H19BO7/c1-9(16)2-5-13(18)22-14(19)7-6-12(17)20-8-10-3-4-11(15)21-10/h10-11H,2-8H2,1H3. The van der Waals surface area contributed by atoms with Crippen molar-refractivity contribution in [3.8, 4) is 0 Å². The number of carbonyl (C=O) groups is 4.